The molecule has 15 heavy (non-hydrogen) atoms. The fraction of sp³-hybridized carbons (Fsp3) is 0.750. The van der Waals surface area contributed by atoms with Crippen LogP contribution in [0.2, 0.25) is 0 Å². The molecule has 1 aliphatic rings. The highest BCUT2D eigenvalue weighted by Crippen LogP contribution is 2.50. The van der Waals surface area contributed by atoms with E-state index >= 15 is 0 Å². The zero-order valence-corrected chi connectivity index (χ0v) is 10.2. The molecule has 1 atom stereocenters. The second-order valence-corrected chi connectivity index (χ2v) is 5.40. The Bertz CT molecular complexity index is 352. The molecule has 1 aromatic heterocycles. The second-order valence-electron chi connectivity index (χ2n) is 5.40. The zero-order valence-electron chi connectivity index (χ0n) is 10.2. The van der Waals surface area contributed by atoms with Crippen LogP contribution in [0, 0.1) is 18.3 Å². The van der Waals surface area contributed by atoms with Gasteiger partial charge in [-0.05, 0) is 31.2 Å². The van der Waals surface area contributed by atoms with E-state index in [0.717, 1.165) is 19.0 Å². The first-order valence-electron chi connectivity index (χ1n) is 5.69. The molecule has 2 rings (SSSR count). The van der Waals surface area contributed by atoms with Crippen molar-refractivity contribution in [3.63, 3.8) is 0 Å². The number of hydrogen-bond donors (Lipinski definition) is 1. The molecule has 0 saturated heterocycles. The molecule has 1 heterocycles. The molecule has 0 radical (unpaired) electrons. The van der Waals surface area contributed by atoms with E-state index < -0.39 is 0 Å². The average molecular weight is 207 g/mol. The minimum atomic E-state index is 0.580. The van der Waals surface area contributed by atoms with Gasteiger partial charge in [0.15, 0.2) is 0 Å². The number of nitrogens with zero attached hydrogens (tertiary/aromatic N) is 2. The zero-order chi connectivity index (χ0) is 11.1. The van der Waals surface area contributed by atoms with Gasteiger partial charge in [0.2, 0.25) is 0 Å². The van der Waals surface area contributed by atoms with Crippen molar-refractivity contribution in [2.75, 3.05) is 6.54 Å². The van der Waals surface area contributed by atoms with E-state index in [1.54, 1.807) is 0 Å². The Morgan fingerprint density at radius 1 is 1.60 bits per heavy atom. The predicted octanol–water partition coefficient (Wildman–Crippen LogP) is 1.86. The summed E-state index contributed by atoms with van der Waals surface area (Å²) in [6, 6.07) is 0. The molecule has 84 valence electrons. The highest BCUT2D eigenvalue weighted by atomic mass is 15.3. The molecule has 0 spiro atoms. The van der Waals surface area contributed by atoms with Crippen LogP contribution < -0.4 is 5.32 Å². The summed E-state index contributed by atoms with van der Waals surface area (Å²) in [5.74, 6) is 0.870. The SMILES string of the molecule is Cc1c(CNCC2CC2(C)C)cnn1C. The van der Waals surface area contributed by atoms with Crippen molar-refractivity contribution in [2.24, 2.45) is 18.4 Å². The third-order valence-electron chi connectivity index (χ3n) is 3.76. The van der Waals surface area contributed by atoms with Gasteiger partial charge in [-0.3, -0.25) is 4.68 Å². The average Bonchev–Trinajstić information content (AvgIpc) is 2.65. The van der Waals surface area contributed by atoms with Gasteiger partial charge in [-0.1, -0.05) is 13.8 Å². The Morgan fingerprint density at radius 3 is 2.73 bits per heavy atom. The van der Waals surface area contributed by atoms with Crippen molar-refractivity contribution < 1.29 is 0 Å². The smallest absolute Gasteiger partial charge is 0.0537 e. The highest BCUT2D eigenvalue weighted by Gasteiger charge is 2.44. The van der Waals surface area contributed by atoms with Crippen LogP contribution in [0.3, 0.4) is 0 Å². The summed E-state index contributed by atoms with van der Waals surface area (Å²) in [5.41, 5.74) is 3.16. The summed E-state index contributed by atoms with van der Waals surface area (Å²) in [7, 11) is 1.99. The van der Waals surface area contributed by atoms with Crippen molar-refractivity contribution >= 4 is 0 Å². The molecule has 1 saturated carbocycles. The van der Waals surface area contributed by atoms with Crippen molar-refractivity contribution in [1.82, 2.24) is 15.1 Å². The van der Waals surface area contributed by atoms with Crippen LogP contribution in [0.5, 0.6) is 0 Å². The van der Waals surface area contributed by atoms with Crippen LogP contribution in [-0.4, -0.2) is 16.3 Å². The Labute approximate surface area is 91.9 Å². The van der Waals surface area contributed by atoms with E-state index in [1.165, 1.54) is 17.7 Å². The highest BCUT2D eigenvalue weighted by molar-refractivity contribution is 5.15. The normalized spacial score (nSPS) is 23.1. The van der Waals surface area contributed by atoms with E-state index in [2.05, 4.69) is 31.2 Å². The molecule has 1 N–H and O–H groups in total. The molecule has 0 amide bonds. The summed E-state index contributed by atoms with van der Waals surface area (Å²) in [4.78, 5) is 0. The van der Waals surface area contributed by atoms with E-state index in [9.17, 15) is 0 Å². The lowest BCUT2D eigenvalue weighted by molar-refractivity contribution is 0.519. The number of hydrogen-bond acceptors (Lipinski definition) is 2. The third-order valence-corrected chi connectivity index (χ3v) is 3.76. The molecule has 1 fully saturated rings. The standard InChI is InChI=1S/C12H21N3/c1-9-10(7-14-15(9)4)6-13-8-11-5-12(11,2)3/h7,11,13H,5-6,8H2,1-4H3. The predicted molar refractivity (Wildman–Crippen MR) is 61.5 cm³/mol. The molecular weight excluding hydrogens is 186 g/mol. The Hall–Kier alpha value is -0.830. The largest absolute Gasteiger partial charge is 0.312 e. The number of aryl methyl sites for hydroxylation is 1. The summed E-state index contributed by atoms with van der Waals surface area (Å²) in [6.07, 6.45) is 3.33. The molecule has 0 bridgehead atoms. The number of aromatic nitrogens is 2. The first-order valence-corrected chi connectivity index (χ1v) is 5.69. The fourth-order valence-corrected chi connectivity index (χ4v) is 2.02. The maximum atomic E-state index is 4.23. The quantitative estimate of drug-likeness (QED) is 0.816. The molecule has 0 aromatic carbocycles. The second kappa shape index (κ2) is 3.63. The van der Waals surface area contributed by atoms with Crippen molar-refractivity contribution in [1.29, 1.82) is 0 Å². The molecule has 1 aromatic rings. The van der Waals surface area contributed by atoms with Crippen LogP contribution in [0.1, 0.15) is 31.5 Å². The first-order chi connectivity index (χ1) is 7.00. The van der Waals surface area contributed by atoms with Gasteiger partial charge in [0.25, 0.3) is 0 Å². The van der Waals surface area contributed by atoms with E-state index in [4.69, 9.17) is 0 Å². The van der Waals surface area contributed by atoms with Crippen molar-refractivity contribution in [3.8, 4) is 0 Å². The maximum absolute atomic E-state index is 4.23. The molecule has 3 nitrogen and oxygen atoms in total. The van der Waals surface area contributed by atoms with E-state index in [0.29, 0.717) is 5.41 Å². The minimum Gasteiger partial charge on any atom is -0.312 e. The van der Waals surface area contributed by atoms with Crippen molar-refractivity contribution in [2.45, 2.75) is 33.7 Å². The Morgan fingerprint density at radius 2 is 2.27 bits per heavy atom. The lowest BCUT2D eigenvalue weighted by Gasteiger charge is -2.05. The maximum Gasteiger partial charge on any atom is 0.0537 e. The Kier molecular flexibility index (Phi) is 2.59. The Balaban J connectivity index is 1.77. The van der Waals surface area contributed by atoms with Gasteiger partial charge in [0.05, 0.1) is 6.20 Å². The fourth-order valence-electron chi connectivity index (χ4n) is 2.02. The molecule has 1 unspecified atom stereocenters. The van der Waals surface area contributed by atoms with Gasteiger partial charge >= 0.3 is 0 Å². The van der Waals surface area contributed by atoms with Gasteiger partial charge in [-0.25, -0.2) is 0 Å². The van der Waals surface area contributed by atoms with Crippen LogP contribution in [0.15, 0.2) is 6.20 Å². The minimum absolute atomic E-state index is 0.580. The monoisotopic (exact) mass is 207 g/mol. The molecule has 1 aliphatic carbocycles. The van der Waals surface area contributed by atoms with Crippen LogP contribution in [-0.2, 0) is 13.6 Å². The summed E-state index contributed by atoms with van der Waals surface area (Å²) in [6.45, 7) is 8.89. The van der Waals surface area contributed by atoms with Gasteiger partial charge in [0.1, 0.15) is 0 Å². The number of rotatable bonds is 4. The lowest BCUT2D eigenvalue weighted by atomic mass is 10.1. The third kappa shape index (κ3) is 2.23. The molecule has 3 heteroatoms. The van der Waals surface area contributed by atoms with Crippen LogP contribution >= 0.6 is 0 Å². The van der Waals surface area contributed by atoms with Crippen LogP contribution in [0.4, 0.5) is 0 Å². The summed E-state index contributed by atoms with van der Waals surface area (Å²) >= 11 is 0. The lowest BCUT2D eigenvalue weighted by Crippen LogP contribution is -2.18. The van der Waals surface area contributed by atoms with Gasteiger partial charge in [0, 0.05) is 24.8 Å². The van der Waals surface area contributed by atoms with Gasteiger partial charge < -0.3 is 5.32 Å². The van der Waals surface area contributed by atoms with Crippen LogP contribution in [0.25, 0.3) is 0 Å². The summed E-state index contributed by atoms with van der Waals surface area (Å²) < 4.78 is 1.93. The van der Waals surface area contributed by atoms with Crippen molar-refractivity contribution in [3.05, 3.63) is 17.5 Å². The molecule has 0 aliphatic heterocycles. The number of nitrogens with one attached hydrogen (secondary N) is 1. The van der Waals surface area contributed by atoms with Gasteiger partial charge in [-0.15, -0.1) is 0 Å². The van der Waals surface area contributed by atoms with E-state index in [-0.39, 0.29) is 0 Å². The molecular formula is C12H21N3. The topological polar surface area (TPSA) is 29.9 Å². The summed E-state index contributed by atoms with van der Waals surface area (Å²) in [5, 5.41) is 7.75. The van der Waals surface area contributed by atoms with E-state index in [1.807, 2.05) is 17.9 Å². The van der Waals surface area contributed by atoms with Gasteiger partial charge in [-0.2, -0.15) is 5.10 Å². The first kappa shape index (κ1) is 10.7.